The van der Waals surface area contributed by atoms with Crippen molar-refractivity contribution in [2.45, 2.75) is 13.3 Å². The first-order chi connectivity index (χ1) is 14.1. The number of hydrogen-bond acceptors (Lipinski definition) is 5. The van der Waals surface area contributed by atoms with Gasteiger partial charge in [-0.05, 0) is 42.3 Å². The van der Waals surface area contributed by atoms with Crippen LogP contribution < -0.4 is 5.32 Å². The van der Waals surface area contributed by atoms with Gasteiger partial charge in [-0.15, -0.1) is 0 Å². The van der Waals surface area contributed by atoms with Gasteiger partial charge in [-0.3, -0.25) is 10.1 Å². The second-order valence-corrected chi connectivity index (χ2v) is 7.03. The molecule has 4 rings (SSSR count). The molecule has 0 amide bonds. The zero-order valence-electron chi connectivity index (χ0n) is 15.7. The number of para-hydroxylation sites is 2. The number of anilines is 1. The second-order valence-electron chi connectivity index (χ2n) is 6.59. The monoisotopic (exact) mass is 407 g/mol. The van der Waals surface area contributed by atoms with Crippen LogP contribution in [0.1, 0.15) is 13.3 Å². The average Bonchev–Trinajstić information content (AvgIpc) is 3.16. The minimum Gasteiger partial charge on any atom is -0.436 e. The summed E-state index contributed by atoms with van der Waals surface area (Å²) in [5.74, 6) is 0.414. The molecule has 0 aliphatic rings. The van der Waals surface area contributed by atoms with Crippen LogP contribution in [0.4, 0.5) is 11.4 Å². The number of oxazole rings is 1. The minimum atomic E-state index is -0.401. The van der Waals surface area contributed by atoms with Crippen molar-refractivity contribution in [2.75, 3.05) is 11.9 Å². The first kappa shape index (κ1) is 19.0. The molecule has 0 radical (unpaired) electrons. The lowest BCUT2D eigenvalue weighted by Gasteiger charge is -2.14. The van der Waals surface area contributed by atoms with Crippen molar-refractivity contribution in [2.24, 2.45) is 0 Å². The number of nitrogens with zero attached hydrogens (tertiary/aromatic N) is 2. The van der Waals surface area contributed by atoms with Gasteiger partial charge in [0.1, 0.15) is 5.52 Å². The Hall–Kier alpha value is -3.38. The lowest BCUT2D eigenvalue weighted by Crippen LogP contribution is -2.02. The van der Waals surface area contributed by atoms with E-state index >= 15 is 0 Å². The van der Waals surface area contributed by atoms with Gasteiger partial charge in [-0.2, -0.15) is 0 Å². The number of halogens is 1. The summed E-state index contributed by atoms with van der Waals surface area (Å²) in [6, 6.07) is 17.6. The maximum Gasteiger partial charge on any atom is 0.270 e. The quantitative estimate of drug-likeness (QED) is 0.289. The predicted octanol–water partition coefficient (Wildman–Crippen LogP) is 6.55. The standard InChI is InChI=1S/C22H18ClN3O3/c1-2-11-24-19-10-8-15(26(27)28)13-17(19)16-9-7-14(23)12-18(16)22-25-20-5-3-4-6-21(20)29-22/h3-10,12-13,24H,2,11H2,1H3. The Balaban J connectivity index is 1.93. The van der Waals surface area contributed by atoms with E-state index in [0.29, 0.717) is 27.6 Å². The summed E-state index contributed by atoms with van der Waals surface area (Å²) in [6.07, 6.45) is 0.926. The number of benzene rings is 3. The van der Waals surface area contributed by atoms with Gasteiger partial charge in [-0.25, -0.2) is 4.98 Å². The van der Waals surface area contributed by atoms with Gasteiger partial charge in [0.15, 0.2) is 5.58 Å². The molecule has 0 saturated heterocycles. The van der Waals surface area contributed by atoms with E-state index in [9.17, 15) is 10.1 Å². The summed E-state index contributed by atoms with van der Waals surface area (Å²) in [7, 11) is 0. The van der Waals surface area contributed by atoms with Gasteiger partial charge in [-0.1, -0.05) is 36.7 Å². The maximum atomic E-state index is 11.4. The molecular formula is C22H18ClN3O3. The van der Waals surface area contributed by atoms with E-state index in [1.807, 2.05) is 30.3 Å². The fourth-order valence-electron chi connectivity index (χ4n) is 3.20. The summed E-state index contributed by atoms with van der Waals surface area (Å²) < 4.78 is 5.95. The Bertz CT molecular complexity index is 1170. The number of nitro benzene ring substituents is 1. The summed E-state index contributed by atoms with van der Waals surface area (Å²) in [6.45, 7) is 2.81. The number of fused-ring (bicyclic) bond motifs is 1. The highest BCUT2D eigenvalue weighted by molar-refractivity contribution is 6.31. The van der Waals surface area contributed by atoms with Gasteiger partial charge >= 0.3 is 0 Å². The van der Waals surface area contributed by atoms with Crippen molar-refractivity contribution in [1.82, 2.24) is 4.98 Å². The van der Waals surface area contributed by atoms with Crippen molar-refractivity contribution in [3.05, 3.63) is 75.8 Å². The third-order valence-electron chi connectivity index (χ3n) is 4.58. The SMILES string of the molecule is CCCNc1ccc([N+](=O)[O-])cc1-c1ccc(Cl)cc1-c1nc2ccccc2o1. The van der Waals surface area contributed by atoms with E-state index in [-0.39, 0.29) is 5.69 Å². The molecular weight excluding hydrogens is 390 g/mol. The highest BCUT2D eigenvalue weighted by Gasteiger charge is 2.19. The maximum absolute atomic E-state index is 11.4. The largest absolute Gasteiger partial charge is 0.436 e. The molecule has 0 bridgehead atoms. The molecule has 6 nitrogen and oxygen atoms in total. The number of non-ortho nitro benzene ring substituents is 1. The Labute approximate surface area is 172 Å². The molecule has 1 heterocycles. The van der Waals surface area contributed by atoms with Crippen molar-refractivity contribution >= 4 is 34.1 Å². The zero-order chi connectivity index (χ0) is 20.4. The van der Waals surface area contributed by atoms with Gasteiger partial charge in [0.2, 0.25) is 5.89 Å². The van der Waals surface area contributed by atoms with Crippen LogP contribution >= 0.6 is 11.6 Å². The first-order valence-corrected chi connectivity index (χ1v) is 9.63. The summed E-state index contributed by atoms with van der Waals surface area (Å²) in [5, 5.41) is 15.2. The van der Waals surface area contributed by atoms with E-state index in [0.717, 1.165) is 29.7 Å². The van der Waals surface area contributed by atoms with Crippen molar-refractivity contribution in [3.63, 3.8) is 0 Å². The Morgan fingerprint density at radius 2 is 1.90 bits per heavy atom. The average molecular weight is 408 g/mol. The molecule has 3 aromatic carbocycles. The van der Waals surface area contributed by atoms with Gasteiger partial charge in [0.25, 0.3) is 5.69 Å². The number of nitro groups is 1. The molecule has 0 saturated carbocycles. The third-order valence-corrected chi connectivity index (χ3v) is 4.81. The van der Waals surface area contributed by atoms with Gasteiger partial charge < -0.3 is 9.73 Å². The molecule has 0 aliphatic carbocycles. The van der Waals surface area contributed by atoms with Crippen molar-refractivity contribution in [3.8, 4) is 22.6 Å². The molecule has 0 spiro atoms. The van der Waals surface area contributed by atoms with Crippen LogP contribution in [-0.4, -0.2) is 16.5 Å². The molecule has 29 heavy (non-hydrogen) atoms. The Morgan fingerprint density at radius 1 is 1.07 bits per heavy atom. The predicted molar refractivity (Wildman–Crippen MR) is 115 cm³/mol. The zero-order valence-corrected chi connectivity index (χ0v) is 16.4. The molecule has 4 aromatic rings. The van der Waals surface area contributed by atoms with Crippen LogP contribution in [0.15, 0.2) is 65.1 Å². The van der Waals surface area contributed by atoms with E-state index in [1.54, 1.807) is 24.3 Å². The molecule has 146 valence electrons. The first-order valence-electron chi connectivity index (χ1n) is 9.25. The Morgan fingerprint density at radius 3 is 2.66 bits per heavy atom. The summed E-state index contributed by atoms with van der Waals surface area (Å²) >= 11 is 6.26. The van der Waals surface area contributed by atoms with Gasteiger partial charge in [0.05, 0.1) is 4.92 Å². The van der Waals surface area contributed by atoms with E-state index in [1.165, 1.54) is 6.07 Å². The fourth-order valence-corrected chi connectivity index (χ4v) is 3.37. The number of aromatic nitrogens is 1. The van der Waals surface area contributed by atoms with Crippen LogP contribution in [0.2, 0.25) is 5.02 Å². The van der Waals surface area contributed by atoms with E-state index in [4.69, 9.17) is 16.0 Å². The molecule has 1 aromatic heterocycles. The normalized spacial score (nSPS) is 11.0. The number of hydrogen-bond donors (Lipinski definition) is 1. The molecule has 0 fully saturated rings. The highest BCUT2D eigenvalue weighted by atomic mass is 35.5. The number of nitrogens with one attached hydrogen (secondary N) is 1. The molecule has 7 heteroatoms. The van der Waals surface area contributed by atoms with E-state index < -0.39 is 4.92 Å². The summed E-state index contributed by atoms with van der Waals surface area (Å²) in [5.41, 5.74) is 4.34. The topological polar surface area (TPSA) is 81.2 Å². The second kappa shape index (κ2) is 7.93. The smallest absolute Gasteiger partial charge is 0.270 e. The lowest BCUT2D eigenvalue weighted by molar-refractivity contribution is -0.384. The van der Waals surface area contributed by atoms with Crippen LogP contribution in [0.5, 0.6) is 0 Å². The van der Waals surface area contributed by atoms with Crippen LogP contribution in [0, 0.1) is 10.1 Å². The van der Waals surface area contributed by atoms with Gasteiger partial charge in [0, 0.05) is 40.5 Å². The highest BCUT2D eigenvalue weighted by Crippen LogP contribution is 2.40. The minimum absolute atomic E-state index is 0.0144. The van der Waals surface area contributed by atoms with Crippen LogP contribution in [0.25, 0.3) is 33.7 Å². The molecule has 0 unspecified atom stereocenters. The van der Waals surface area contributed by atoms with Crippen molar-refractivity contribution < 1.29 is 9.34 Å². The van der Waals surface area contributed by atoms with Crippen molar-refractivity contribution in [1.29, 1.82) is 0 Å². The van der Waals surface area contributed by atoms with Crippen LogP contribution in [-0.2, 0) is 0 Å². The summed E-state index contributed by atoms with van der Waals surface area (Å²) in [4.78, 5) is 15.5. The fraction of sp³-hybridized carbons (Fsp3) is 0.136. The Kier molecular flexibility index (Phi) is 5.18. The lowest BCUT2D eigenvalue weighted by atomic mass is 9.97. The van der Waals surface area contributed by atoms with E-state index in [2.05, 4.69) is 17.2 Å². The third kappa shape index (κ3) is 3.79. The molecule has 0 aliphatic heterocycles. The number of rotatable bonds is 6. The molecule has 0 atom stereocenters. The van der Waals surface area contributed by atoms with Crippen LogP contribution in [0.3, 0.4) is 0 Å². The molecule has 1 N–H and O–H groups in total.